The van der Waals surface area contributed by atoms with Crippen molar-refractivity contribution < 1.29 is 22.7 Å². The molecule has 4 rings (SSSR count). The Hall–Kier alpha value is -3.57. The molecule has 0 aliphatic heterocycles. The third-order valence-electron chi connectivity index (χ3n) is 7.57. The molecule has 2 amide bonds. The van der Waals surface area contributed by atoms with E-state index in [2.05, 4.69) is 21.2 Å². The topological polar surface area (TPSA) is 96.0 Å². The molecule has 0 radical (unpaired) electrons. The molecular weight excluding hydrogens is 737 g/mol. The molecule has 0 aliphatic rings. The second-order valence-electron chi connectivity index (χ2n) is 11.0. The van der Waals surface area contributed by atoms with Crippen molar-refractivity contribution >= 4 is 66.7 Å². The predicted molar refractivity (Wildman–Crippen MR) is 195 cm³/mol. The first-order valence-corrected chi connectivity index (χ1v) is 18.6. The van der Waals surface area contributed by atoms with Crippen molar-refractivity contribution in [2.24, 2.45) is 0 Å². The van der Waals surface area contributed by atoms with Crippen molar-refractivity contribution in [1.82, 2.24) is 10.2 Å². The summed E-state index contributed by atoms with van der Waals surface area (Å²) in [4.78, 5) is 29.9. The summed E-state index contributed by atoms with van der Waals surface area (Å²) in [5, 5.41) is 3.71. The fraction of sp³-hybridized carbons (Fsp3) is 0.278. The summed E-state index contributed by atoms with van der Waals surface area (Å²) in [7, 11) is -4.25. The molecule has 254 valence electrons. The number of carbonyl (C=O) groups is 2. The summed E-state index contributed by atoms with van der Waals surface area (Å²) in [6.45, 7) is 4.08. The Bertz CT molecular complexity index is 1780. The van der Waals surface area contributed by atoms with Crippen LogP contribution >= 0.6 is 39.1 Å². The molecule has 0 aromatic heterocycles. The number of sulfonamides is 1. The van der Waals surface area contributed by atoms with E-state index in [1.54, 1.807) is 54.6 Å². The van der Waals surface area contributed by atoms with Gasteiger partial charge in [-0.05, 0) is 85.1 Å². The molecule has 1 unspecified atom stereocenters. The minimum absolute atomic E-state index is 0.00201. The lowest BCUT2D eigenvalue weighted by Crippen LogP contribution is -2.53. The van der Waals surface area contributed by atoms with E-state index in [0.29, 0.717) is 39.0 Å². The van der Waals surface area contributed by atoms with E-state index in [9.17, 15) is 18.0 Å². The summed E-state index contributed by atoms with van der Waals surface area (Å²) in [6, 6.07) is 26.0. The van der Waals surface area contributed by atoms with Gasteiger partial charge < -0.3 is 15.0 Å². The number of anilines is 1. The van der Waals surface area contributed by atoms with Crippen LogP contribution in [0.2, 0.25) is 10.0 Å². The van der Waals surface area contributed by atoms with Gasteiger partial charge in [0.15, 0.2) is 0 Å². The number of unbranched alkanes of at least 4 members (excludes halogenated alkanes) is 1. The largest absolute Gasteiger partial charge is 0.494 e. The zero-order valence-electron chi connectivity index (χ0n) is 26.7. The number of nitrogens with zero attached hydrogens (tertiary/aromatic N) is 2. The van der Waals surface area contributed by atoms with Crippen LogP contribution < -0.4 is 14.4 Å². The van der Waals surface area contributed by atoms with Gasteiger partial charge in [0.05, 0.1) is 17.2 Å². The van der Waals surface area contributed by atoms with E-state index in [4.69, 9.17) is 27.9 Å². The van der Waals surface area contributed by atoms with Gasteiger partial charge in [-0.25, -0.2) is 8.42 Å². The Morgan fingerprint density at radius 3 is 2.23 bits per heavy atom. The van der Waals surface area contributed by atoms with Crippen LogP contribution in [0.15, 0.2) is 106 Å². The normalized spacial score (nSPS) is 11.9. The SMILES string of the molecule is CCCCNC(=O)C(Cc1ccccc1)N(Cc1ccc(Cl)cc1Cl)C(=O)CN(c1ccc(OCC)cc1)S(=O)(=O)c1ccc(Br)cc1. The minimum atomic E-state index is -4.25. The maximum absolute atomic E-state index is 14.6. The number of nitrogens with one attached hydrogen (secondary N) is 1. The first-order chi connectivity index (χ1) is 23.0. The average molecular weight is 776 g/mol. The Balaban J connectivity index is 1.81. The molecule has 4 aromatic carbocycles. The number of benzene rings is 4. The quantitative estimate of drug-likeness (QED) is 0.117. The smallest absolute Gasteiger partial charge is 0.264 e. The highest BCUT2D eigenvalue weighted by atomic mass is 79.9. The van der Waals surface area contributed by atoms with Gasteiger partial charge >= 0.3 is 0 Å². The predicted octanol–water partition coefficient (Wildman–Crippen LogP) is 7.91. The summed E-state index contributed by atoms with van der Waals surface area (Å²) in [6.07, 6.45) is 1.83. The van der Waals surface area contributed by atoms with E-state index in [-0.39, 0.29) is 29.5 Å². The molecule has 1 N–H and O–H groups in total. The molecule has 0 fully saturated rings. The van der Waals surface area contributed by atoms with Gasteiger partial charge in [0.2, 0.25) is 11.8 Å². The molecule has 0 saturated carbocycles. The number of hydrogen-bond donors (Lipinski definition) is 1. The van der Waals surface area contributed by atoms with Crippen LogP contribution in [0, 0.1) is 0 Å². The number of rotatable bonds is 16. The Morgan fingerprint density at radius 1 is 0.917 bits per heavy atom. The summed E-state index contributed by atoms with van der Waals surface area (Å²) in [5.74, 6) is -0.393. The summed E-state index contributed by atoms with van der Waals surface area (Å²) < 4.78 is 35.8. The molecule has 0 aliphatic carbocycles. The van der Waals surface area contributed by atoms with Crippen molar-refractivity contribution in [3.8, 4) is 5.75 Å². The Labute approximate surface area is 301 Å². The maximum atomic E-state index is 14.6. The van der Waals surface area contributed by atoms with Gasteiger partial charge in [0.25, 0.3) is 10.0 Å². The zero-order valence-corrected chi connectivity index (χ0v) is 30.7. The van der Waals surface area contributed by atoms with Crippen molar-refractivity contribution in [3.05, 3.63) is 123 Å². The Morgan fingerprint density at radius 2 is 1.60 bits per heavy atom. The van der Waals surface area contributed by atoms with Crippen LogP contribution in [0.4, 0.5) is 5.69 Å². The van der Waals surface area contributed by atoms with E-state index < -0.39 is 28.5 Å². The molecule has 48 heavy (non-hydrogen) atoms. The molecule has 4 aromatic rings. The molecule has 0 heterocycles. The van der Waals surface area contributed by atoms with Gasteiger partial charge in [-0.1, -0.05) is 88.9 Å². The highest BCUT2D eigenvalue weighted by Crippen LogP contribution is 2.29. The van der Waals surface area contributed by atoms with Crippen molar-refractivity contribution in [2.45, 2.75) is 50.6 Å². The third kappa shape index (κ3) is 9.98. The third-order valence-corrected chi connectivity index (χ3v) is 10.5. The van der Waals surface area contributed by atoms with Crippen LogP contribution in [0.25, 0.3) is 0 Å². The van der Waals surface area contributed by atoms with Crippen molar-refractivity contribution in [1.29, 1.82) is 0 Å². The number of hydrogen-bond acceptors (Lipinski definition) is 5. The van der Waals surface area contributed by atoms with Crippen LogP contribution in [-0.4, -0.2) is 50.9 Å². The highest BCUT2D eigenvalue weighted by Gasteiger charge is 2.35. The lowest BCUT2D eigenvalue weighted by molar-refractivity contribution is -0.140. The molecule has 12 heteroatoms. The summed E-state index contributed by atoms with van der Waals surface area (Å²) >= 11 is 16.1. The van der Waals surface area contributed by atoms with Crippen LogP contribution in [0.1, 0.15) is 37.8 Å². The number of ether oxygens (including phenoxy) is 1. The number of amides is 2. The average Bonchev–Trinajstić information content (AvgIpc) is 3.07. The first kappa shape index (κ1) is 37.3. The van der Waals surface area contributed by atoms with E-state index in [1.807, 2.05) is 44.2 Å². The molecule has 0 saturated heterocycles. The first-order valence-electron chi connectivity index (χ1n) is 15.6. The molecule has 1 atom stereocenters. The van der Waals surface area contributed by atoms with E-state index in [0.717, 1.165) is 22.7 Å². The number of halogens is 3. The lowest BCUT2D eigenvalue weighted by atomic mass is 10.0. The van der Waals surface area contributed by atoms with Crippen molar-refractivity contribution in [2.75, 3.05) is 24.0 Å². The van der Waals surface area contributed by atoms with E-state index in [1.165, 1.54) is 17.0 Å². The molecular formula is C36H38BrCl2N3O5S. The van der Waals surface area contributed by atoms with Crippen LogP contribution in [-0.2, 0) is 32.6 Å². The fourth-order valence-corrected chi connectivity index (χ4v) is 7.18. The monoisotopic (exact) mass is 773 g/mol. The fourth-order valence-electron chi connectivity index (χ4n) is 5.03. The van der Waals surface area contributed by atoms with Crippen LogP contribution in [0.3, 0.4) is 0 Å². The highest BCUT2D eigenvalue weighted by molar-refractivity contribution is 9.10. The van der Waals surface area contributed by atoms with Gasteiger partial charge in [-0.3, -0.25) is 13.9 Å². The van der Waals surface area contributed by atoms with Gasteiger partial charge in [0.1, 0.15) is 18.3 Å². The van der Waals surface area contributed by atoms with E-state index >= 15 is 0 Å². The van der Waals surface area contributed by atoms with Gasteiger partial charge in [-0.15, -0.1) is 0 Å². The lowest BCUT2D eigenvalue weighted by Gasteiger charge is -2.34. The van der Waals surface area contributed by atoms with Crippen LogP contribution in [0.5, 0.6) is 5.75 Å². The molecule has 8 nitrogen and oxygen atoms in total. The van der Waals surface area contributed by atoms with Crippen molar-refractivity contribution in [3.63, 3.8) is 0 Å². The van der Waals surface area contributed by atoms with Gasteiger partial charge in [-0.2, -0.15) is 0 Å². The standard InChI is InChI=1S/C36H38BrCl2N3O5S/c1-3-5-21-40-36(44)34(22-26-9-7-6-8-10-26)41(24-27-11-14-29(38)23-33(27)39)35(43)25-42(30-15-17-31(18-16-30)47-4-2)48(45,46)32-19-12-28(37)13-20-32/h6-20,23,34H,3-5,21-22,24-25H2,1-2H3,(H,40,44). The minimum Gasteiger partial charge on any atom is -0.494 e. The Kier molecular flexibility index (Phi) is 13.8. The number of carbonyl (C=O) groups excluding carboxylic acids is 2. The van der Waals surface area contributed by atoms with Gasteiger partial charge in [0, 0.05) is 34.0 Å². The maximum Gasteiger partial charge on any atom is 0.264 e. The summed E-state index contributed by atoms with van der Waals surface area (Å²) in [5.41, 5.74) is 1.64. The second kappa shape index (κ2) is 17.7. The molecule has 0 spiro atoms. The zero-order chi connectivity index (χ0) is 34.7. The molecule has 0 bridgehead atoms. The second-order valence-corrected chi connectivity index (χ2v) is 14.6.